The fourth-order valence-electron chi connectivity index (χ4n) is 8.42. The highest BCUT2D eigenvalue weighted by molar-refractivity contribution is 7.65. The van der Waals surface area contributed by atoms with Crippen LogP contribution in [0.5, 0.6) is 0 Å². The molecule has 3 saturated heterocycles. The van der Waals surface area contributed by atoms with Crippen LogP contribution in [0.2, 0.25) is 0 Å². The summed E-state index contributed by atoms with van der Waals surface area (Å²) in [6.07, 6.45) is -16.4. The molecule has 416 valence electrons. The van der Waals surface area contributed by atoms with Crippen molar-refractivity contribution in [3.05, 3.63) is 46.0 Å². The number of fused-ring (bicyclic) bond motifs is 3. The second-order valence-electron chi connectivity index (χ2n) is 16.6. The van der Waals surface area contributed by atoms with Crippen molar-refractivity contribution in [3.63, 3.8) is 0 Å². The SMILES string of the molecule is CNc1ncnc2c1ncn2[C@@H]1O[C@H](COP(=O)([O-])OP(=O)([O-])OP(=O)([O-])OC[C@H]2O[C@@H]([n+]3cn(C)c4c(=O)[nH]c(N)nc43)[C@@H](O)C2O)C(OP(=O)([O-])OC[C@H]2O[C@@H](n3cnc4c(=O)[nH]c(N)nc43)C(O)[C@H]2O)[C@@H]1OC. The number of hydrogen-bond donors (Lipinski definition) is 9. The predicted molar refractivity (Wildman–Crippen MR) is 235 cm³/mol. The van der Waals surface area contributed by atoms with Crippen molar-refractivity contribution in [3.8, 4) is 0 Å². The van der Waals surface area contributed by atoms with Crippen LogP contribution >= 0.6 is 31.3 Å². The van der Waals surface area contributed by atoms with E-state index >= 15 is 0 Å². The lowest BCUT2D eigenvalue weighted by molar-refractivity contribution is -0.745. The fourth-order valence-corrected chi connectivity index (χ4v) is 12.8. The molecule has 3 aliphatic heterocycles. The van der Waals surface area contributed by atoms with Gasteiger partial charge in [-0.2, -0.15) is 4.98 Å². The summed E-state index contributed by atoms with van der Waals surface area (Å²) in [7, 11) is -20.8. The number of nitrogens with two attached hydrogens (primary N) is 2. The van der Waals surface area contributed by atoms with E-state index in [2.05, 4.69) is 58.3 Å². The molecule has 0 amide bonds. The van der Waals surface area contributed by atoms with Crippen LogP contribution in [0, 0.1) is 0 Å². The number of aromatic nitrogens is 12. The van der Waals surface area contributed by atoms with Gasteiger partial charge in [0, 0.05) is 14.2 Å². The minimum Gasteiger partial charge on any atom is -0.756 e. The topological polar surface area (TPSA) is 560 Å². The Morgan fingerprint density at radius 3 is 1.93 bits per heavy atom. The molecular formula is C33H42N15O24P4-3. The fraction of sp³-hybridized carbons (Fsp3) is 0.545. The van der Waals surface area contributed by atoms with Gasteiger partial charge in [-0.1, -0.05) is 4.98 Å². The Balaban J connectivity index is 0.868. The number of imidazole rings is 3. The number of aliphatic hydroxyl groups is 4. The largest absolute Gasteiger partial charge is 0.756 e. The normalized spacial score (nSPS) is 30.2. The van der Waals surface area contributed by atoms with E-state index in [1.165, 1.54) is 29.6 Å². The Bertz CT molecular complexity index is 3490. The maximum absolute atomic E-state index is 13.6. The Morgan fingerprint density at radius 2 is 1.28 bits per heavy atom. The van der Waals surface area contributed by atoms with Gasteiger partial charge >= 0.3 is 5.65 Å². The third-order valence-electron chi connectivity index (χ3n) is 11.7. The summed E-state index contributed by atoms with van der Waals surface area (Å²) in [5.41, 5.74) is 9.49. The van der Waals surface area contributed by atoms with Crippen LogP contribution in [0.1, 0.15) is 18.7 Å². The van der Waals surface area contributed by atoms with Crippen LogP contribution in [0.25, 0.3) is 33.5 Å². The van der Waals surface area contributed by atoms with Crippen molar-refractivity contribution >= 4 is 82.5 Å². The Labute approximate surface area is 421 Å². The first kappa shape index (κ1) is 55.6. The number of aromatic amines is 2. The summed E-state index contributed by atoms with van der Waals surface area (Å²) < 4.78 is 107. The van der Waals surface area contributed by atoms with Crippen LogP contribution in [-0.4, -0.2) is 163 Å². The molecule has 6 aromatic heterocycles. The van der Waals surface area contributed by atoms with E-state index in [0.29, 0.717) is 0 Å². The number of nitrogen functional groups attached to an aromatic ring is 2. The average molecular weight is 1160 g/mol. The zero-order valence-corrected chi connectivity index (χ0v) is 42.3. The molecule has 76 heavy (non-hydrogen) atoms. The van der Waals surface area contributed by atoms with E-state index in [0.717, 1.165) is 35.2 Å². The van der Waals surface area contributed by atoms with Gasteiger partial charge < -0.3 is 93.8 Å². The minimum atomic E-state index is -6.59. The molecular weight excluding hydrogens is 1110 g/mol. The lowest BCUT2D eigenvalue weighted by Gasteiger charge is -2.35. The van der Waals surface area contributed by atoms with E-state index < -0.39 is 136 Å². The van der Waals surface area contributed by atoms with Crippen molar-refractivity contribution < 1.29 is 108 Å². The van der Waals surface area contributed by atoms with E-state index in [4.69, 9.17) is 44.0 Å². The van der Waals surface area contributed by atoms with Gasteiger partial charge in [-0.25, -0.2) is 33.1 Å². The molecule has 16 atom stereocenters. The monoisotopic (exact) mass is 1160 g/mol. The van der Waals surface area contributed by atoms with Gasteiger partial charge in [0.15, 0.2) is 41.4 Å². The van der Waals surface area contributed by atoms with Crippen molar-refractivity contribution in [2.45, 2.75) is 73.6 Å². The maximum Gasteiger partial charge on any atom is 0.313 e. The van der Waals surface area contributed by atoms with Gasteiger partial charge in [-0.15, -0.1) is 0 Å². The lowest BCUT2D eigenvalue weighted by atomic mass is 10.1. The first-order valence-corrected chi connectivity index (χ1v) is 27.4. The van der Waals surface area contributed by atoms with Gasteiger partial charge in [0.05, 0.1) is 39.5 Å². The molecule has 11 N–H and O–H groups in total. The number of nitrogens with one attached hydrogen (secondary N) is 3. The quantitative estimate of drug-likeness (QED) is 0.0253. The number of hydrogen-bond acceptors (Lipinski definition) is 33. The van der Waals surface area contributed by atoms with Crippen LogP contribution in [0.15, 0.2) is 34.9 Å². The molecule has 3 fully saturated rings. The second-order valence-corrected chi connectivity index (χ2v) is 22.5. The molecule has 0 aromatic carbocycles. The van der Waals surface area contributed by atoms with E-state index in [1.54, 1.807) is 0 Å². The summed E-state index contributed by atoms with van der Waals surface area (Å²) in [6.45, 7) is -3.71. The summed E-state index contributed by atoms with van der Waals surface area (Å²) >= 11 is 0. The molecule has 0 saturated carbocycles. The van der Waals surface area contributed by atoms with Crippen molar-refractivity contribution in [2.24, 2.45) is 7.05 Å². The standard InChI is InChI=1S/C33H45N15O24P4/c1-36-23-14-24(38-7-37-23)46(8-39-14)31-22(63-3)21(70-73(55,56)64-4-11-17(49)19(51)29(67-11)47-9-40-15-25(47)41-32(34)43-27(15)53)13(69-31)6-66-75(59,60)72-76(61,62)71-74(57,58)65-5-12-18(50)20(52)30(68-12)48-10-45(2)16-26(48)42-33(35)44-28(16)54/h7-13,17-22,29-31,49-52H,4-6H2,1-3H3,(H10-,34,35,36,37,38,41,42,43,44,53,54,55,56,57,58,59,60,61,62)/p-3/t11-,12-,13-,17+,18?,19?,20+,21?,22+,29-,30-,31-/m1/s1. The summed E-state index contributed by atoms with van der Waals surface area (Å²) in [4.78, 5) is 106. The predicted octanol–water partition coefficient (Wildman–Crippen LogP) is -6.78. The van der Waals surface area contributed by atoms with Crippen molar-refractivity contribution in [1.29, 1.82) is 0 Å². The molecule has 0 radical (unpaired) electrons. The zero-order chi connectivity index (χ0) is 55.0. The highest BCUT2D eigenvalue weighted by atomic mass is 31.3. The minimum absolute atomic E-state index is 0.0443. The highest BCUT2D eigenvalue weighted by Crippen LogP contribution is 2.63. The molecule has 39 nitrogen and oxygen atoms in total. The first-order chi connectivity index (χ1) is 35.7. The third-order valence-corrected chi connectivity index (χ3v) is 16.8. The molecule has 9 rings (SSSR count). The van der Waals surface area contributed by atoms with Gasteiger partial charge in [-0.3, -0.25) is 51.5 Å². The van der Waals surface area contributed by atoms with Crippen molar-refractivity contribution in [2.75, 3.05) is 50.8 Å². The molecule has 0 aliphatic carbocycles. The van der Waals surface area contributed by atoms with E-state index in [9.17, 15) is 67.8 Å². The van der Waals surface area contributed by atoms with E-state index in [-0.39, 0.29) is 51.2 Å². The third kappa shape index (κ3) is 11.0. The summed E-state index contributed by atoms with van der Waals surface area (Å²) in [6, 6.07) is 0. The molecule has 9 heterocycles. The number of phosphoric acid groups is 4. The number of aryl methyl sites for hydroxylation is 1. The number of anilines is 3. The number of nitrogens with zero attached hydrogens (tertiary/aromatic N) is 10. The number of H-pyrrole nitrogens is 2. The number of aliphatic hydroxyl groups excluding tert-OH is 4. The number of phosphoric ester groups is 3. The number of rotatable bonds is 20. The van der Waals surface area contributed by atoms with Crippen LogP contribution in [0.3, 0.4) is 0 Å². The summed E-state index contributed by atoms with van der Waals surface area (Å²) in [5, 5.41) is 45.9. The molecule has 0 spiro atoms. The molecule has 43 heteroatoms. The van der Waals surface area contributed by atoms with Gasteiger partial charge in [0.25, 0.3) is 48.4 Å². The second kappa shape index (κ2) is 20.9. The van der Waals surface area contributed by atoms with Crippen LogP contribution in [0.4, 0.5) is 17.7 Å². The van der Waals surface area contributed by atoms with Crippen molar-refractivity contribution in [1.82, 2.24) is 53.6 Å². The smallest absolute Gasteiger partial charge is 0.313 e. The number of methoxy groups -OCH3 is 1. The highest BCUT2D eigenvalue weighted by Gasteiger charge is 2.51. The van der Waals surface area contributed by atoms with Gasteiger partial charge in [-0.05, 0) is 0 Å². The molecule has 7 unspecified atom stereocenters. The Kier molecular flexibility index (Phi) is 15.3. The number of ether oxygens (including phenoxy) is 4. The Morgan fingerprint density at radius 1 is 0.711 bits per heavy atom. The van der Waals surface area contributed by atoms with Gasteiger partial charge in [0.2, 0.25) is 17.7 Å². The summed E-state index contributed by atoms with van der Waals surface area (Å²) in [5.74, 6) is -0.439. The molecule has 6 aromatic rings. The van der Waals surface area contributed by atoms with Gasteiger partial charge in [0.1, 0.15) is 66.8 Å². The Hall–Kier alpha value is -5.15. The average Bonchev–Trinajstić information content (AvgIpc) is 4.19. The molecule has 3 aliphatic rings. The first-order valence-electron chi connectivity index (χ1n) is 21.5. The molecule has 0 bridgehead atoms. The maximum atomic E-state index is 13.6. The van der Waals surface area contributed by atoms with Crippen LogP contribution in [-0.2, 0) is 71.0 Å². The lowest BCUT2D eigenvalue weighted by Crippen LogP contribution is -2.46. The van der Waals surface area contributed by atoms with Crippen LogP contribution < -0.4 is 52.0 Å². The van der Waals surface area contributed by atoms with E-state index in [1.807, 2.05) is 0 Å². The zero-order valence-electron chi connectivity index (χ0n) is 38.7.